The number of likely N-dealkylation sites (N-methyl/N-ethyl adjacent to an activating group) is 1. The summed E-state index contributed by atoms with van der Waals surface area (Å²) < 4.78 is 0. The van der Waals surface area contributed by atoms with E-state index in [-0.39, 0.29) is 94.1 Å². The Bertz CT molecular complexity index is 2440. The number of aliphatic imine (C=N–C) groups is 1. The van der Waals surface area contributed by atoms with Gasteiger partial charge in [0.2, 0.25) is 59.1 Å². The zero-order valence-electron chi connectivity index (χ0n) is 52.4. The molecule has 11 atom stereocenters. The third-order valence-corrected chi connectivity index (χ3v) is 14.9. The van der Waals surface area contributed by atoms with E-state index in [0.29, 0.717) is 18.4 Å². The summed E-state index contributed by atoms with van der Waals surface area (Å²) in [5.74, 6) is -10.4. The van der Waals surface area contributed by atoms with Crippen molar-refractivity contribution in [2.45, 2.75) is 226 Å². The maximum absolute atomic E-state index is 14.9. The Morgan fingerprint density at radius 2 is 1.17 bits per heavy atom. The number of aliphatic hydroxyl groups is 1. The highest BCUT2D eigenvalue weighted by Crippen LogP contribution is 2.25. The smallest absolute Gasteiger partial charge is 0.305 e. The van der Waals surface area contributed by atoms with Crippen molar-refractivity contribution in [3.63, 3.8) is 0 Å². The Morgan fingerprint density at radius 3 is 1.74 bits per heavy atom. The van der Waals surface area contributed by atoms with Crippen molar-refractivity contribution in [3.8, 4) is 0 Å². The van der Waals surface area contributed by atoms with E-state index >= 15 is 0 Å². The highest BCUT2D eigenvalue weighted by atomic mass is 16.4. The Kier molecular flexibility index (Phi) is 32.9. The molecule has 1 aliphatic heterocycles. The molecule has 0 saturated carbocycles. The molecule has 1 fully saturated rings. The number of nitrogens with zero attached hydrogens (tertiary/aromatic N) is 3. The molecular weight excluding hydrogens is 1110 g/mol. The number of likely N-dealkylation sites (tertiary alicyclic amines) is 1. The summed E-state index contributed by atoms with van der Waals surface area (Å²) in [6.07, 6.45) is 3.13. The number of carboxylic acids is 1. The Hall–Kier alpha value is -7.38. The van der Waals surface area contributed by atoms with Crippen LogP contribution in [0.25, 0.3) is 0 Å². The van der Waals surface area contributed by atoms with Crippen molar-refractivity contribution in [1.29, 1.82) is 0 Å². The van der Waals surface area contributed by atoms with E-state index in [0.717, 1.165) is 35.5 Å². The molecule has 86 heavy (non-hydrogen) atoms. The monoisotopic (exact) mass is 1210 g/mol. The Morgan fingerprint density at radius 1 is 0.640 bits per heavy atom. The van der Waals surface area contributed by atoms with Gasteiger partial charge in [0.1, 0.15) is 54.4 Å². The first-order valence-corrected chi connectivity index (χ1v) is 30.4. The lowest BCUT2D eigenvalue weighted by molar-refractivity contribution is -0.149. The van der Waals surface area contributed by atoms with Crippen molar-refractivity contribution in [3.05, 3.63) is 35.9 Å². The molecule has 0 radical (unpaired) electrons. The van der Waals surface area contributed by atoms with E-state index in [1.165, 1.54) is 14.0 Å². The fourth-order valence-corrected chi connectivity index (χ4v) is 10.0. The summed E-state index contributed by atoms with van der Waals surface area (Å²) in [6, 6.07) is -2.90. The van der Waals surface area contributed by atoms with Gasteiger partial charge in [0.05, 0.1) is 12.5 Å². The molecule has 26 heteroatoms. The van der Waals surface area contributed by atoms with Gasteiger partial charge in [-0.3, -0.25) is 57.7 Å². The highest BCUT2D eigenvalue weighted by molar-refractivity contribution is 5.99. The van der Waals surface area contributed by atoms with Crippen LogP contribution in [0.3, 0.4) is 0 Å². The normalized spacial score (nSPS) is 17.1. The van der Waals surface area contributed by atoms with Crippen molar-refractivity contribution in [1.82, 2.24) is 47.0 Å². The van der Waals surface area contributed by atoms with Gasteiger partial charge in [-0.2, -0.15) is 0 Å². The number of amides is 10. The van der Waals surface area contributed by atoms with Crippen LogP contribution in [-0.2, 0) is 59.2 Å². The van der Waals surface area contributed by atoms with Gasteiger partial charge in [0.15, 0.2) is 5.96 Å². The van der Waals surface area contributed by atoms with Crippen LogP contribution in [0, 0.1) is 23.7 Å². The van der Waals surface area contributed by atoms with Gasteiger partial charge < -0.3 is 74.4 Å². The molecular formula is C60H101N13O13. The molecule has 26 nitrogen and oxygen atoms in total. The molecule has 0 unspecified atom stereocenters. The molecule has 15 N–H and O–H groups in total. The number of primary amides is 1. The maximum Gasteiger partial charge on any atom is 0.305 e. The first-order chi connectivity index (χ1) is 40.4. The minimum absolute atomic E-state index is 0.0294. The van der Waals surface area contributed by atoms with Crippen LogP contribution in [0.5, 0.6) is 0 Å². The van der Waals surface area contributed by atoms with Crippen LogP contribution in [0.1, 0.15) is 165 Å². The molecule has 1 aromatic rings. The zero-order chi connectivity index (χ0) is 65.0. The lowest BCUT2D eigenvalue weighted by Crippen LogP contribution is -2.61. The number of aliphatic hydroxyl groups excluding tert-OH is 1. The third-order valence-electron chi connectivity index (χ3n) is 14.9. The van der Waals surface area contributed by atoms with Crippen molar-refractivity contribution in [2.75, 3.05) is 20.1 Å². The Balaban J connectivity index is 2.47. The number of β-amino-alcohol motifs (C(OH)–C–C–N with tert-alkyl or cyclic N) is 1. The number of hydrogen-bond donors (Lipinski definition) is 12. The first-order valence-electron chi connectivity index (χ1n) is 30.4. The summed E-state index contributed by atoms with van der Waals surface area (Å²) in [7, 11) is 1.30. The summed E-state index contributed by atoms with van der Waals surface area (Å²) in [5.41, 5.74) is 17.2. The quantitative estimate of drug-likeness (QED) is 0.0249. The lowest BCUT2D eigenvalue weighted by atomic mass is 9.97. The molecule has 0 bridgehead atoms. The molecule has 0 aliphatic carbocycles. The number of rotatable bonds is 39. The number of aliphatic carboxylic acids is 1. The van der Waals surface area contributed by atoms with Crippen LogP contribution < -0.4 is 54.4 Å². The molecule has 10 amide bonds. The summed E-state index contributed by atoms with van der Waals surface area (Å²) in [5, 5.41) is 39.7. The standard InChI is InChI=1S/C60H101N13O13/c1-12-14-15-16-20-25-48(75)65-38(10)52(79)67-43(30-39-22-18-17-19-23-39)55(82)68-42(27-34(3)4)54(81)70-45(28-35(5)6)58(85)73-33-40(74)31-47(73)59(86)72(11)46(29-36(7)8)57(84)69-44(32-49(76)77)56(83)66-41(24-21-26-64-60(62)63)53(80)71-50(51(61)78)37(9)13-2/h17-19,22-23,34-38,40-47,50,74H,12-16,20-21,24-33H2,1-11H3,(H2,61,78)(H,65,75)(H,66,83)(H,67,79)(H,68,82)(H,69,84)(H,70,81)(H,71,80)(H,76,77)(H4,62,63,64)/t37-,38-,40+,41-,42-,43-,44-,45-,46-,47-,50-/m0/s1. The average molecular weight is 1210 g/mol. The minimum atomic E-state index is -1.81. The van der Waals surface area contributed by atoms with Crippen molar-refractivity contribution >= 4 is 71.0 Å². The largest absolute Gasteiger partial charge is 0.481 e. The summed E-state index contributed by atoms with van der Waals surface area (Å²) in [6.45, 7) is 17.6. The summed E-state index contributed by atoms with van der Waals surface area (Å²) in [4.78, 5) is 158. The molecule has 0 aromatic heterocycles. The van der Waals surface area contributed by atoms with Crippen molar-refractivity contribution < 1.29 is 63.0 Å². The molecule has 1 saturated heterocycles. The number of nitrogens with two attached hydrogens (primary N) is 3. The van der Waals surface area contributed by atoms with Gasteiger partial charge in [-0.15, -0.1) is 0 Å². The number of guanidine groups is 1. The maximum atomic E-state index is 14.9. The zero-order valence-corrected chi connectivity index (χ0v) is 52.4. The van der Waals surface area contributed by atoms with Crippen LogP contribution in [-0.4, -0.2) is 172 Å². The van der Waals surface area contributed by atoms with Gasteiger partial charge in [-0.05, 0) is 74.7 Å². The molecule has 484 valence electrons. The molecule has 1 aliphatic rings. The molecule has 0 spiro atoms. The average Bonchev–Trinajstić information content (AvgIpc) is 4.01. The fraction of sp³-hybridized carbons (Fsp3) is 0.700. The van der Waals surface area contributed by atoms with Crippen LogP contribution in [0.2, 0.25) is 0 Å². The second-order valence-corrected chi connectivity index (χ2v) is 24.0. The molecule has 1 heterocycles. The topological polar surface area (TPSA) is 409 Å². The van der Waals surface area contributed by atoms with Crippen LogP contribution in [0.4, 0.5) is 0 Å². The lowest BCUT2D eigenvalue weighted by Gasteiger charge is -2.35. The number of carbonyl (C=O) groups excluding carboxylic acids is 10. The van der Waals surface area contributed by atoms with E-state index in [4.69, 9.17) is 17.2 Å². The van der Waals surface area contributed by atoms with Gasteiger partial charge in [0.25, 0.3) is 0 Å². The SMILES string of the molecule is CCCCCCCC(=O)N[C@@H](C)C(=O)N[C@@H](Cc1ccccc1)C(=O)N[C@@H](CC(C)C)C(=O)N[C@@H](CC(C)C)C(=O)N1C[C@H](O)C[C@H]1C(=O)N(C)[C@@H](CC(C)C)C(=O)N[C@@H](CC(=O)O)C(=O)N[C@@H](CCCN=C(N)N)C(=O)N[C@H](C(N)=O)[C@@H](C)CC. The molecule has 1 aromatic carbocycles. The fourth-order valence-electron chi connectivity index (χ4n) is 10.0. The van der Waals surface area contributed by atoms with E-state index in [1.54, 1.807) is 58.0 Å². The van der Waals surface area contributed by atoms with Crippen LogP contribution >= 0.6 is 0 Å². The van der Waals surface area contributed by atoms with E-state index in [2.05, 4.69) is 49.1 Å². The van der Waals surface area contributed by atoms with Crippen LogP contribution in [0.15, 0.2) is 35.3 Å². The summed E-state index contributed by atoms with van der Waals surface area (Å²) >= 11 is 0. The van der Waals surface area contributed by atoms with E-state index in [9.17, 15) is 63.0 Å². The number of unbranched alkanes of at least 4 members (excludes halogenated alkanes) is 4. The third kappa shape index (κ3) is 26.5. The minimum Gasteiger partial charge on any atom is -0.481 e. The number of benzene rings is 1. The number of nitrogens with one attached hydrogen (secondary N) is 7. The second kappa shape index (κ2) is 37.9. The number of carboxylic acid groups (broad SMARTS) is 1. The van der Waals surface area contributed by atoms with Gasteiger partial charge in [-0.25, -0.2) is 0 Å². The van der Waals surface area contributed by atoms with Crippen molar-refractivity contribution in [2.24, 2.45) is 45.9 Å². The molecule has 2 rings (SSSR count). The number of carbonyl (C=O) groups is 11. The Labute approximate surface area is 507 Å². The van der Waals surface area contributed by atoms with Gasteiger partial charge >= 0.3 is 5.97 Å². The number of hydrogen-bond acceptors (Lipinski definition) is 13. The highest BCUT2D eigenvalue weighted by Gasteiger charge is 2.45. The van der Waals surface area contributed by atoms with Gasteiger partial charge in [-0.1, -0.05) is 125 Å². The first kappa shape index (κ1) is 74.7. The van der Waals surface area contributed by atoms with E-state index < -0.39 is 132 Å². The van der Waals surface area contributed by atoms with E-state index in [1.807, 2.05) is 27.7 Å². The predicted octanol–water partition coefficient (Wildman–Crippen LogP) is 0.990. The predicted molar refractivity (Wildman–Crippen MR) is 325 cm³/mol. The van der Waals surface area contributed by atoms with Gasteiger partial charge in [0, 0.05) is 39.4 Å². The second-order valence-electron chi connectivity index (χ2n) is 24.0.